The van der Waals surface area contributed by atoms with E-state index in [1.54, 1.807) is 27.8 Å². The molecule has 3 aromatic heterocycles. The average molecular weight is 274 g/mol. The van der Waals surface area contributed by atoms with Crippen molar-refractivity contribution < 1.29 is 5.11 Å². The molecule has 0 aliphatic heterocycles. The standard InChI is InChI=1S/C11H12N6O.C2H6/c1-7-14-10-9(5-13-16(10)2)11(15-7)17-8(6-18)3-4-12-17;1-2/h3-5,18H,6H2,1-2H3;1-2H3. The van der Waals surface area contributed by atoms with Crippen LogP contribution in [0.15, 0.2) is 18.5 Å². The molecule has 0 saturated carbocycles. The Morgan fingerprint density at radius 3 is 2.65 bits per heavy atom. The zero-order valence-electron chi connectivity index (χ0n) is 12.1. The van der Waals surface area contributed by atoms with Gasteiger partial charge >= 0.3 is 0 Å². The van der Waals surface area contributed by atoms with Crippen LogP contribution in [-0.4, -0.2) is 34.6 Å². The molecular weight excluding hydrogens is 256 g/mol. The lowest BCUT2D eigenvalue weighted by molar-refractivity contribution is 0.273. The van der Waals surface area contributed by atoms with Crippen LogP contribution in [0.3, 0.4) is 0 Å². The first-order chi connectivity index (χ1) is 9.70. The van der Waals surface area contributed by atoms with E-state index in [4.69, 9.17) is 0 Å². The van der Waals surface area contributed by atoms with Crippen LogP contribution in [0.2, 0.25) is 0 Å². The largest absolute Gasteiger partial charge is 0.390 e. The van der Waals surface area contributed by atoms with Crippen molar-refractivity contribution in [2.75, 3.05) is 0 Å². The highest BCUT2D eigenvalue weighted by atomic mass is 16.3. The summed E-state index contributed by atoms with van der Waals surface area (Å²) in [5, 5.41) is 18.5. The quantitative estimate of drug-likeness (QED) is 0.763. The van der Waals surface area contributed by atoms with Crippen LogP contribution in [-0.2, 0) is 13.7 Å². The Morgan fingerprint density at radius 1 is 1.20 bits per heavy atom. The fourth-order valence-corrected chi connectivity index (χ4v) is 1.92. The molecule has 0 spiro atoms. The van der Waals surface area contributed by atoms with Gasteiger partial charge in [-0.15, -0.1) is 0 Å². The Bertz CT molecular complexity index is 715. The van der Waals surface area contributed by atoms with Crippen molar-refractivity contribution in [3.63, 3.8) is 0 Å². The molecule has 0 aliphatic rings. The molecule has 3 rings (SSSR count). The predicted molar refractivity (Wildman–Crippen MR) is 75.4 cm³/mol. The van der Waals surface area contributed by atoms with Gasteiger partial charge in [-0.05, 0) is 13.0 Å². The van der Waals surface area contributed by atoms with E-state index in [1.807, 2.05) is 27.8 Å². The second-order valence-corrected chi connectivity index (χ2v) is 3.99. The van der Waals surface area contributed by atoms with E-state index in [-0.39, 0.29) is 6.61 Å². The van der Waals surface area contributed by atoms with Gasteiger partial charge in [0.25, 0.3) is 0 Å². The van der Waals surface area contributed by atoms with E-state index in [0.717, 1.165) is 11.0 Å². The Kier molecular flexibility index (Phi) is 4.09. The van der Waals surface area contributed by atoms with Crippen LogP contribution in [0.25, 0.3) is 16.9 Å². The number of fused-ring (bicyclic) bond motifs is 1. The van der Waals surface area contributed by atoms with Gasteiger partial charge in [0.2, 0.25) is 0 Å². The van der Waals surface area contributed by atoms with E-state index in [9.17, 15) is 5.11 Å². The van der Waals surface area contributed by atoms with Gasteiger partial charge in [-0.2, -0.15) is 10.2 Å². The molecular formula is C13H18N6O. The zero-order chi connectivity index (χ0) is 14.7. The minimum Gasteiger partial charge on any atom is -0.390 e. The van der Waals surface area contributed by atoms with Gasteiger partial charge in [-0.1, -0.05) is 13.8 Å². The van der Waals surface area contributed by atoms with Crippen molar-refractivity contribution in [2.45, 2.75) is 27.4 Å². The second-order valence-electron chi connectivity index (χ2n) is 3.99. The van der Waals surface area contributed by atoms with Gasteiger partial charge in [0.15, 0.2) is 11.5 Å². The van der Waals surface area contributed by atoms with Crippen molar-refractivity contribution in [1.29, 1.82) is 0 Å². The molecule has 0 fully saturated rings. The first-order valence-electron chi connectivity index (χ1n) is 6.51. The summed E-state index contributed by atoms with van der Waals surface area (Å²) in [4.78, 5) is 8.74. The van der Waals surface area contributed by atoms with Crippen LogP contribution in [0.1, 0.15) is 25.4 Å². The molecule has 7 heteroatoms. The van der Waals surface area contributed by atoms with E-state index < -0.39 is 0 Å². The van der Waals surface area contributed by atoms with Gasteiger partial charge in [-0.25, -0.2) is 14.6 Å². The van der Waals surface area contributed by atoms with E-state index in [2.05, 4.69) is 20.2 Å². The highest BCUT2D eigenvalue weighted by Gasteiger charge is 2.14. The molecule has 0 atom stereocenters. The van der Waals surface area contributed by atoms with Gasteiger partial charge in [0.05, 0.1) is 23.9 Å². The molecule has 0 saturated heterocycles. The van der Waals surface area contributed by atoms with Crippen molar-refractivity contribution in [3.8, 4) is 5.82 Å². The molecule has 3 aromatic rings. The minimum absolute atomic E-state index is 0.0925. The Balaban J connectivity index is 0.000000704. The van der Waals surface area contributed by atoms with Crippen LogP contribution in [0.5, 0.6) is 0 Å². The smallest absolute Gasteiger partial charge is 0.168 e. The monoisotopic (exact) mass is 274 g/mol. The zero-order valence-corrected chi connectivity index (χ0v) is 12.1. The normalized spacial score (nSPS) is 10.4. The maximum atomic E-state index is 9.29. The lowest BCUT2D eigenvalue weighted by atomic mass is 10.3. The minimum atomic E-state index is -0.0925. The number of aliphatic hydroxyl groups is 1. The van der Waals surface area contributed by atoms with E-state index in [1.165, 1.54) is 0 Å². The molecule has 1 N–H and O–H groups in total. The molecule has 106 valence electrons. The van der Waals surface area contributed by atoms with E-state index in [0.29, 0.717) is 17.3 Å². The summed E-state index contributed by atoms with van der Waals surface area (Å²) >= 11 is 0. The van der Waals surface area contributed by atoms with Gasteiger partial charge in [0, 0.05) is 13.2 Å². The van der Waals surface area contributed by atoms with Crippen molar-refractivity contribution in [3.05, 3.63) is 30.0 Å². The summed E-state index contributed by atoms with van der Waals surface area (Å²) in [5.41, 5.74) is 1.43. The molecule has 7 nitrogen and oxygen atoms in total. The third kappa shape index (κ3) is 2.27. The SMILES string of the molecule is CC.Cc1nc(-n2nccc2CO)c2cnn(C)c2n1. The fourth-order valence-electron chi connectivity index (χ4n) is 1.92. The number of aromatic nitrogens is 6. The third-order valence-corrected chi connectivity index (χ3v) is 2.77. The first-order valence-corrected chi connectivity index (χ1v) is 6.51. The van der Waals surface area contributed by atoms with Crippen molar-refractivity contribution in [1.82, 2.24) is 29.5 Å². The average Bonchev–Trinajstić information content (AvgIpc) is 3.08. The number of aryl methyl sites for hydroxylation is 2. The molecule has 0 bridgehead atoms. The molecule has 0 aliphatic carbocycles. The second kappa shape index (κ2) is 5.79. The summed E-state index contributed by atoms with van der Waals surface area (Å²) in [5.74, 6) is 1.28. The lowest BCUT2D eigenvalue weighted by Crippen LogP contribution is -2.07. The van der Waals surface area contributed by atoms with Gasteiger partial charge in [0.1, 0.15) is 5.82 Å². The Morgan fingerprint density at radius 2 is 1.95 bits per heavy atom. The van der Waals surface area contributed by atoms with E-state index >= 15 is 0 Å². The van der Waals surface area contributed by atoms with Crippen LogP contribution in [0, 0.1) is 6.92 Å². The first kappa shape index (κ1) is 14.1. The number of hydrogen-bond donors (Lipinski definition) is 1. The maximum absolute atomic E-state index is 9.29. The highest BCUT2D eigenvalue weighted by molar-refractivity contribution is 5.82. The van der Waals surface area contributed by atoms with Gasteiger partial charge < -0.3 is 5.11 Å². The summed E-state index contributed by atoms with van der Waals surface area (Å²) < 4.78 is 3.30. The molecule has 0 unspecified atom stereocenters. The fraction of sp³-hybridized carbons (Fsp3) is 0.385. The summed E-state index contributed by atoms with van der Waals surface area (Å²) in [6.45, 7) is 5.73. The summed E-state index contributed by atoms with van der Waals surface area (Å²) in [7, 11) is 1.83. The van der Waals surface area contributed by atoms with Crippen molar-refractivity contribution in [2.24, 2.45) is 7.05 Å². The number of aliphatic hydroxyl groups excluding tert-OH is 1. The van der Waals surface area contributed by atoms with Crippen LogP contribution >= 0.6 is 0 Å². The number of nitrogens with zero attached hydrogens (tertiary/aromatic N) is 6. The van der Waals surface area contributed by atoms with Gasteiger partial charge in [-0.3, -0.25) is 4.68 Å². The molecule has 20 heavy (non-hydrogen) atoms. The van der Waals surface area contributed by atoms with Crippen LogP contribution < -0.4 is 0 Å². The summed E-state index contributed by atoms with van der Waals surface area (Å²) in [6, 6.07) is 1.75. The summed E-state index contributed by atoms with van der Waals surface area (Å²) in [6.07, 6.45) is 3.33. The number of hydrogen-bond acceptors (Lipinski definition) is 5. The molecule has 3 heterocycles. The Hall–Kier alpha value is -2.28. The number of rotatable bonds is 2. The Labute approximate surface area is 116 Å². The third-order valence-electron chi connectivity index (χ3n) is 2.77. The van der Waals surface area contributed by atoms with Crippen LogP contribution in [0.4, 0.5) is 0 Å². The molecule has 0 amide bonds. The van der Waals surface area contributed by atoms with Crippen molar-refractivity contribution >= 4 is 11.0 Å². The molecule has 0 radical (unpaired) electrons. The molecule has 0 aromatic carbocycles. The topological polar surface area (TPSA) is 81.6 Å². The maximum Gasteiger partial charge on any atom is 0.168 e. The lowest BCUT2D eigenvalue weighted by Gasteiger charge is -2.06. The predicted octanol–water partition coefficient (Wildman–Crippen LogP) is 1.38. The highest BCUT2D eigenvalue weighted by Crippen LogP contribution is 2.19.